The number of benzene rings is 1. The second-order valence-corrected chi connectivity index (χ2v) is 9.01. The number of hydrogen-bond acceptors (Lipinski definition) is 5. The lowest BCUT2D eigenvalue weighted by Crippen LogP contribution is -2.52. The van der Waals surface area contributed by atoms with Gasteiger partial charge in [0.25, 0.3) is 5.91 Å². The van der Waals surface area contributed by atoms with Crippen LogP contribution < -0.4 is 5.32 Å². The molecule has 1 aromatic carbocycles. The Kier molecular flexibility index (Phi) is 7.62. The molecule has 0 bridgehead atoms. The van der Waals surface area contributed by atoms with E-state index < -0.39 is 6.29 Å². The van der Waals surface area contributed by atoms with E-state index in [4.69, 9.17) is 21.1 Å². The highest BCUT2D eigenvalue weighted by atomic mass is 35.5. The summed E-state index contributed by atoms with van der Waals surface area (Å²) in [5, 5.41) is 3.81. The highest BCUT2D eigenvalue weighted by molar-refractivity contribution is 8.04. The van der Waals surface area contributed by atoms with Crippen LogP contribution in [0.15, 0.2) is 29.2 Å². The third kappa shape index (κ3) is 5.15. The largest absolute Gasteiger partial charge is 0.354 e. The molecule has 2 aliphatic rings. The summed E-state index contributed by atoms with van der Waals surface area (Å²) < 4.78 is 10.2. The summed E-state index contributed by atoms with van der Waals surface area (Å²) in [6.45, 7) is 0.310. The third-order valence-corrected chi connectivity index (χ3v) is 7.34. The summed E-state index contributed by atoms with van der Waals surface area (Å²) in [6, 6.07) is 7.55. The number of fused-ring (bicyclic) bond motifs is 1. The van der Waals surface area contributed by atoms with Gasteiger partial charge in [0, 0.05) is 43.5 Å². The van der Waals surface area contributed by atoms with Gasteiger partial charge < -0.3 is 19.7 Å². The number of nitrogens with zero attached hydrogens (tertiary/aromatic N) is 1. The Hall–Kier alpha value is -1.54. The van der Waals surface area contributed by atoms with Crippen LogP contribution in [0.4, 0.5) is 0 Å². The van der Waals surface area contributed by atoms with Crippen LogP contribution in [0.3, 0.4) is 0 Å². The lowest BCUT2D eigenvalue weighted by Gasteiger charge is -2.44. The predicted octanol–water partition coefficient (Wildman–Crippen LogP) is 3.16. The number of amides is 2. The standard InChI is InChI=1S/C21H27ClN2O4S/c1-24-16-10-14(20(25)23-12-19(27-2)28-3)8-9-17(16)29-18(21(24)26)11-13-6-4-5-7-15(13)22/h4-7,11,14,16-17,19H,8-10,12H2,1-3H3,(H,23,25)/b18-11-. The molecule has 1 aliphatic heterocycles. The van der Waals surface area contributed by atoms with Crippen LogP contribution in [-0.2, 0) is 19.1 Å². The van der Waals surface area contributed by atoms with Crippen LogP contribution in [0.25, 0.3) is 6.08 Å². The average molecular weight is 439 g/mol. The maximum Gasteiger partial charge on any atom is 0.260 e. The van der Waals surface area contributed by atoms with Crippen LogP contribution in [0.1, 0.15) is 24.8 Å². The number of halogens is 1. The molecule has 3 rings (SSSR count). The number of ether oxygens (including phenoxy) is 2. The Bertz CT molecular complexity index is 784. The van der Waals surface area contributed by atoms with Crippen LogP contribution in [0, 0.1) is 5.92 Å². The van der Waals surface area contributed by atoms with E-state index in [9.17, 15) is 9.59 Å². The molecule has 1 saturated heterocycles. The molecule has 2 amide bonds. The number of thioether (sulfide) groups is 1. The van der Waals surface area contributed by atoms with Crippen molar-refractivity contribution >= 4 is 41.3 Å². The quantitative estimate of drug-likeness (QED) is 0.545. The number of methoxy groups -OCH3 is 2. The first-order valence-corrected chi connectivity index (χ1v) is 10.9. The average Bonchev–Trinajstić information content (AvgIpc) is 2.73. The summed E-state index contributed by atoms with van der Waals surface area (Å²) in [6.07, 6.45) is 3.75. The van der Waals surface area contributed by atoms with Crippen molar-refractivity contribution in [2.24, 2.45) is 5.92 Å². The number of likely N-dealkylation sites (N-methyl/N-ethyl adjacent to an activating group) is 1. The maximum atomic E-state index is 12.9. The fraction of sp³-hybridized carbons (Fsp3) is 0.524. The molecule has 2 fully saturated rings. The van der Waals surface area contributed by atoms with Gasteiger partial charge in [-0.15, -0.1) is 11.8 Å². The molecule has 29 heavy (non-hydrogen) atoms. The molecule has 1 saturated carbocycles. The lowest BCUT2D eigenvalue weighted by molar-refractivity contribution is -0.134. The van der Waals surface area contributed by atoms with Gasteiger partial charge in [-0.2, -0.15) is 0 Å². The van der Waals surface area contributed by atoms with Crippen molar-refractivity contribution in [3.8, 4) is 0 Å². The first kappa shape index (κ1) is 22.2. The van der Waals surface area contributed by atoms with E-state index in [1.165, 1.54) is 0 Å². The smallest absolute Gasteiger partial charge is 0.260 e. The molecular weight excluding hydrogens is 412 g/mol. The van der Waals surface area contributed by atoms with E-state index in [2.05, 4.69) is 5.32 Å². The highest BCUT2D eigenvalue weighted by Crippen LogP contribution is 2.43. The molecule has 0 radical (unpaired) electrons. The summed E-state index contributed by atoms with van der Waals surface area (Å²) in [4.78, 5) is 28.0. The van der Waals surface area contributed by atoms with Crippen molar-refractivity contribution in [3.63, 3.8) is 0 Å². The number of nitrogens with one attached hydrogen (secondary N) is 1. The molecule has 6 nitrogen and oxygen atoms in total. The Morgan fingerprint density at radius 2 is 2.07 bits per heavy atom. The van der Waals surface area contributed by atoms with Crippen molar-refractivity contribution in [1.29, 1.82) is 0 Å². The number of carbonyl (C=O) groups is 2. The summed E-state index contributed by atoms with van der Waals surface area (Å²) in [7, 11) is 4.91. The van der Waals surface area contributed by atoms with Gasteiger partial charge >= 0.3 is 0 Å². The van der Waals surface area contributed by atoms with Gasteiger partial charge in [-0.25, -0.2) is 0 Å². The van der Waals surface area contributed by atoms with Crippen LogP contribution in [0.2, 0.25) is 5.02 Å². The molecule has 1 heterocycles. The fourth-order valence-electron chi connectivity index (χ4n) is 3.86. The van der Waals surface area contributed by atoms with Crippen molar-refractivity contribution in [3.05, 3.63) is 39.8 Å². The van der Waals surface area contributed by atoms with E-state index in [0.29, 0.717) is 22.9 Å². The van der Waals surface area contributed by atoms with Crippen molar-refractivity contribution in [2.45, 2.75) is 36.8 Å². The van der Waals surface area contributed by atoms with Gasteiger partial charge in [-0.3, -0.25) is 9.59 Å². The first-order chi connectivity index (χ1) is 13.9. The Balaban J connectivity index is 1.66. The minimum Gasteiger partial charge on any atom is -0.354 e. The predicted molar refractivity (Wildman–Crippen MR) is 116 cm³/mol. The Morgan fingerprint density at radius 1 is 1.34 bits per heavy atom. The SMILES string of the molecule is COC(CNC(=O)C1CCC2S/C(=C\c3ccccc3Cl)C(=O)N(C)C2C1)OC. The van der Waals surface area contributed by atoms with Gasteiger partial charge in [0.2, 0.25) is 5.91 Å². The molecule has 3 atom stereocenters. The lowest BCUT2D eigenvalue weighted by atomic mass is 9.83. The topological polar surface area (TPSA) is 67.9 Å². The molecule has 158 valence electrons. The van der Waals surface area contributed by atoms with Gasteiger partial charge in [0.1, 0.15) is 0 Å². The number of hydrogen-bond donors (Lipinski definition) is 1. The van der Waals surface area contributed by atoms with Crippen LogP contribution >= 0.6 is 23.4 Å². The van der Waals surface area contributed by atoms with Gasteiger partial charge in [-0.05, 0) is 37.0 Å². The molecule has 0 aromatic heterocycles. The van der Waals surface area contributed by atoms with Crippen molar-refractivity contribution in [2.75, 3.05) is 27.8 Å². The highest BCUT2D eigenvalue weighted by Gasteiger charge is 2.42. The van der Waals surface area contributed by atoms with Crippen molar-refractivity contribution in [1.82, 2.24) is 10.2 Å². The Labute approximate surface area is 180 Å². The molecule has 1 aliphatic carbocycles. The Morgan fingerprint density at radius 3 is 2.76 bits per heavy atom. The molecule has 1 aromatic rings. The van der Waals surface area contributed by atoms with Gasteiger partial charge in [-0.1, -0.05) is 29.8 Å². The monoisotopic (exact) mass is 438 g/mol. The second kappa shape index (κ2) is 9.98. The zero-order valence-corrected chi connectivity index (χ0v) is 18.5. The fourth-order valence-corrected chi connectivity index (χ4v) is 5.52. The number of carbonyl (C=O) groups excluding carboxylic acids is 2. The van der Waals surface area contributed by atoms with E-state index in [1.807, 2.05) is 37.4 Å². The first-order valence-electron chi connectivity index (χ1n) is 9.68. The maximum absolute atomic E-state index is 12.9. The van der Waals surface area contributed by atoms with E-state index >= 15 is 0 Å². The van der Waals surface area contributed by atoms with Crippen LogP contribution in [-0.4, -0.2) is 62.1 Å². The van der Waals surface area contributed by atoms with Crippen LogP contribution in [0.5, 0.6) is 0 Å². The zero-order chi connectivity index (χ0) is 21.0. The van der Waals surface area contributed by atoms with Gasteiger partial charge in [0.15, 0.2) is 6.29 Å². The van der Waals surface area contributed by atoms with E-state index in [0.717, 1.165) is 18.4 Å². The molecule has 8 heteroatoms. The second-order valence-electron chi connectivity index (χ2n) is 7.33. The minimum atomic E-state index is -0.456. The van der Waals surface area contributed by atoms with E-state index in [-0.39, 0.29) is 29.0 Å². The zero-order valence-electron chi connectivity index (χ0n) is 16.9. The van der Waals surface area contributed by atoms with Gasteiger partial charge in [0.05, 0.1) is 11.4 Å². The van der Waals surface area contributed by atoms with E-state index in [1.54, 1.807) is 30.9 Å². The molecule has 3 unspecified atom stereocenters. The molecule has 1 N–H and O–H groups in total. The summed E-state index contributed by atoms with van der Waals surface area (Å²) in [5.41, 5.74) is 0.843. The normalized spacial score (nSPS) is 26.0. The van der Waals surface area contributed by atoms with Crippen molar-refractivity contribution < 1.29 is 19.1 Å². The molecule has 0 spiro atoms. The molecular formula is C21H27ClN2O4S. The minimum absolute atomic E-state index is 0.00851. The third-order valence-electron chi connectivity index (χ3n) is 5.59. The summed E-state index contributed by atoms with van der Waals surface area (Å²) >= 11 is 7.86. The summed E-state index contributed by atoms with van der Waals surface area (Å²) in [5.74, 6) is -0.141. The number of rotatable bonds is 6.